The number of hydrogen-bond donors (Lipinski definition) is 1. The molecule has 0 bridgehead atoms. The van der Waals surface area contributed by atoms with Crippen molar-refractivity contribution < 1.29 is 9.84 Å². The topological polar surface area (TPSA) is 50.5 Å². The molecule has 1 atom stereocenters. The molecule has 0 aliphatic rings. The molecule has 1 heterocycles. The molecule has 5 nitrogen and oxygen atoms in total. The Morgan fingerprint density at radius 3 is 2.50 bits per heavy atom. The maximum atomic E-state index is 10.3. The van der Waals surface area contributed by atoms with Crippen molar-refractivity contribution in [1.82, 2.24) is 14.5 Å². The molecular formula is C21H25N3O2. The Balaban J connectivity index is 1.49. The van der Waals surface area contributed by atoms with Gasteiger partial charge in [0.2, 0.25) is 0 Å². The Morgan fingerprint density at radius 1 is 1.12 bits per heavy atom. The average molecular weight is 351 g/mol. The lowest BCUT2D eigenvalue weighted by Crippen LogP contribution is -2.24. The summed E-state index contributed by atoms with van der Waals surface area (Å²) in [6.07, 6.45) is 3.18. The van der Waals surface area contributed by atoms with Crippen molar-refractivity contribution in [2.45, 2.75) is 19.3 Å². The molecule has 136 valence electrons. The standard InChI is InChI=1S/C21H25N3O2/c1-23(15-20(25)18-6-4-3-5-7-18)14-17-8-10-19(11-9-17)26-16-21-22-12-13-24(21)2/h3-13,20,25H,14-16H2,1-2H3/t20-/m0/s1. The Morgan fingerprint density at radius 2 is 1.85 bits per heavy atom. The molecule has 5 heteroatoms. The van der Waals surface area contributed by atoms with Gasteiger partial charge in [-0.05, 0) is 30.3 Å². The molecule has 0 amide bonds. The minimum atomic E-state index is -0.485. The van der Waals surface area contributed by atoms with Crippen LogP contribution in [0.15, 0.2) is 67.0 Å². The maximum absolute atomic E-state index is 10.3. The van der Waals surface area contributed by atoms with Crippen molar-refractivity contribution in [1.29, 1.82) is 0 Å². The van der Waals surface area contributed by atoms with Gasteiger partial charge in [-0.2, -0.15) is 0 Å². The van der Waals surface area contributed by atoms with Gasteiger partial charge in [0.1, 0.15) is 18.2 Å². The minimum absolute atomic E-state index is 0.450. The van der Waals surface area contributed by atoms with Gasteiger partial charge in [-0.1, -0.05) is 42.5 Å². The molecule has 0 aliphatic heterocycles. The average Bonchev–Trinajstić information content (AvgIpc) is 3.06. The molecule has 0 radical (unpaired) electrons. The van der Waals surface area contributed by atoms with Gasteiger partial charge in [-0.3, -0.25) is 4.90 Å². The highest BCUT2D eigenvalue weighted by molar-refractivity contribution is 5.27. The van der Waals surface area contributed by atoms with Crippen LogP contribution in [0.2, 0.25) is 0 Å². The monoisotopic (exact) mass is 351 g/mol. The van der Waals surface area contributed by atoms with E-state index < -0.39 is 6.10 Å². The van der Waals surface area contributed by atoms with Crippen molar-refractivity contribution in [3.8, 4) is 5.75 Å². The van der Waals surface area contributed by atoms with Crippen LogP contribution in [0.1, 0.15) is 23.1 Å². The summed E-state index contributed by atoms with van der Waals surface area (Å²) in [5.41, 5.74) is 2.12. The molecule has 0 aliphatic carbocycles. The molecule has 2 aromatic carbocycles. The van der Waals surface area contributed by atoms with Gasteiger partial charge in [0.15, 0.2) is 0 Å². The summed E-state index contributed by atoms with van der Waals surface area (Å²) in [5, 5.41) is 10.3. The molecular weight excluding hydrogens is 326 g/mol. The first-order chi connectivity index (χ1) is 12.6. The van der Waals surface area contributed by atoms with Crippen molar-refractivity contribution in [3.05, 3.63) is 83.9 Å². The number of imidazole rings is 1. The summed E-state index contributed by atoms with van der Waals surface area (Å²) in [4.78, 5) is 6.36. The number of benzene rings is 2. The number of hydrogen-bond acceptors (Lipinski definition) is 4. The SMILES string of the molecule is CN(Cc1ccc(OCc2nccn2C)cc1)C[C@H](O)c1ccccc1. The lowest BCUT2D eigenvalue weighted by molar-refractivity contribution is 0.124. The summed E-state index contributed by atoms with van der Waals surface area (Å²) in [5.74, 6) is 1.72. The van der Waals surface area contributed by atoms with Gasteiger partial charge in [0, 0.05) is 32.5 Å². The van der Waals surface area contributed by atoms with Crippen LogP contribution in [0.4, 0.5) is 0 Å². The fourth-order valence-corrected chi connectivity index (χ4v) is 2.83. The first kappa shape index (κ1) is 18.2. The summed E-state index contributed by atoms with van der Waals surface area (Å²) in [6.45, 7) is 1.80. The molecule has 0 saturated heterocycles. The van der Waals surface area contributed by atoms with E-state index in [0.29, 0.717) is 13.2 Å². The predicted octanol–water partition coefficient (Wildman–Crippen LogP) is 3.16. The van der Waals surface area contributed by atoms with Crippen LogP contribution >= 0.6 is 0 Å². The van der Waals surface area contributed by atoms with E-state index in [9.17, 15) is 5.11 Å². The second-order valence-corrected chi connectivity index (χ2v) is 6.51. The summed E-state index contributed by atoms with van der Waals surface area (Å²) >= 11 is 0. The Bertz CT molecular complexity index is 800. The zero-order valence-corrected chi connectivity index (χ0v) is 15.2. The van der Waals surface area contributed by atoms with E-state index in [-0.39, 0.29) is 0 Å². The normalized spacial score (nSPS) is 12.3. The highest BCUT2D eigenvalue weighted by atomic mass is 16.5. The van der Waals surface area contributed by atoms with Crippen LogP contribution in [0.3, 0.4) is 0 Å². The van der Waals surface area contributed by atoms with Crippen molar-refractivity contribution >= 4 is 0 Å². The Labute approximate surface area is 154 Å². The number of likely N-dealkylation sites (N-methyl/N-ethyl adjacent to an activating group) is 1. The molecule has 3 rings (SSSR count). The van der Waals surface area contributed by atoms with E-state index in [2.05, 4.69) is 22.0 Å². The van der Waals surface area contributed by atoms with Crippen molar-refractivity contribution in [3.63, 3.8) is 0 Å². The quantitative estimate of drug-likeness (QED) is 0.677. The van der Waals surface area contributed by atoms with E-state index >= 15 is 0 Å². The van der Waals surface area contributed by atoms with Gasteiger partial charge in [-0.15, -0.1) is 0 Å². The molecule has 0 fully saturated rings. The second-order valence-electron chi connectivity index (χ2n) is 6.51. The number of ether oxygens (including phenoxy) is 1. The fraction of sp³-hybridized carbons (Fsp3) is 0.286. The van der Waals surface area contributed by atoms with Crippen LogP contribution in [0.5, 0.6) is 5.75 Å². The van der Waals surface area contributed by atoms with Crippen LogP contribution in [-0.2, 0) is 20.2 Å². The van der Waals surface area contributed by atoms with Crippen LogP contribution in [0.25, 0.3) is 0 Å². The van der Waals surface area contributed by atoms with Crippen molar-refractivity contribution in [2.24, 2.45) is 7.05 Å². The van der Waals surface area contributed by atoms with Crippen LogP contribution in [0, 0.1) is 0 Å². The first-order valence-electron chi connectivity index (χ1n) is 8.71. The van der Waals surface area contributed by atoms with Gasteiger partial charge >= 0.3 is 0 Å². The molecule has 3 aromatic rings. The van der Waals surface area contributed by atoms with E-state index in [1.165, 1.54) is 5.56 Å². The molecule has 0 saturated carbocycles. The molecule has 1 aromatic heterocycles. The van der Waals surface area contributed by atoms with Crippen LogP contribution < -0.4 is 4.74 Å². The van der Waals surface area contributed by atoms with Gasteiger partial charge < -0.3 is 14.4 Å². The first-order valence-corrected chi connectivity index (χ1v) is 8.71. The minimum Gasteiger partial charge on any atom is -0.486 e. The summed E-state index contributed by atoms with van der Waals surface area (Å²) in [6, 6.07) is 17.8. The summed E-state index contributed by atoms with van der Waals surface area (Å²) < 4.78 is 7.72. The molecule has 26 heavy (non-hydrogen) atoms. The highest BCUT2D eigenvalue weighted by Gasteiger charge is 2.10. The fourth-order valence-electron chi connectivity index (χ4n) is 2.83. The smallest absolute Gasteiger partial charge is 0.146 e. The number of aliphatic hydroxyl groups is 1. The van der Waals surface area contributed by atoms with E-state index in [1.54, 1.807) is 6.20 Å². The molecule has 1 N–H and O–H groups in total. The van der Waals surface area contributed by atoms with Crippen molar-refractivity contribution in [2.75, 3.05) is 13.6 Å². The number of rotatable bonds is 8. The third-order valence-corrected chi connectivity index (χ3v) is 4.33. The number of nitrogens with zero attached hydrogens (tertiary/aromatic N) is 3. The van der Waals surface area contributed by atoms with E-state index in [0.717, 1.165) is 23.7 Å². The largest absolute Gasteiger partial charge is 0.486 e. The third kappa shape index (κ3) is 4.94. The van der Waals surface area contributed by atoms with Gasteiger partial charge in [0.05, 0.1) is 6.10 Å². The van der Waals surface area contributed by atoms with E-state index in [1.807, 2.05) is 67.3 Å². The highest BCUT2D eigenvalue weighted by Crippen LogP contribution is 2.17. The number of aromatic nitrogens is 2. The van der Waals surface area contributed by atoms with E-state index in [4.69, 9.17) is 4.74 Å². The molecule has 0 unspecified atom stereocenters. The zero-order chi connectivity index (χ0) is 18.4. The predicted molar refractivity (Wildman–Crippen MR) is 102 cm³/mol. The number of aryl methyl sites for hydroxylation is 1. The maximum Gasteiger partial charge on any atom is 0.146 e. The second kappa shape index (κ2) is 8.65. The zero-order valence-electron chi connectivity index (χ0n) is 15.2. The van der Waals surface area contributed by atoms with Crippen LogP contribution in [-0.4, -0.2) is 33.1 Å². The summed E-state index contributed by atoms with van der Waals surface area (Å²) in [7, 11) is 3.96. The Hall–Kier alpha value is -2.63. The van der Waals surface area contributed by atoms with Gasteiger partial charge in [-0.25, -0.2) is 4.98 Å². The molecule has 0 spiro atoms. The van der Waals surface area contributed by atoms with Gasteiger partial charge in [0.25, 0.3) is 0 Å². The lowest BCUT2D eigenvalue weighted by atomic mass is 10.1. The third-order valence-electron chi connectivity index (χ3n) is 4.33. The number of aliphatic hydroxyl groups excluding tert-OH is 1. The Kier molecular flexibility index (Phi) is 6.04. The lowest BCUT2D eigenvalue weighted by Gasteiger charge is -2.21.